The van der Waals surface area contributed by atoms with Crippen molar-refractivity contribution in [3.63, 3.8) is 0 Å². The fourth-order valence-corrected chi connectivity index (χ4v) is 2.21. The van der Waals surface area contributed by atoms with Gasteiger partial charge in [-0.25, -0.2) is 4.98 Å². The Labute approximate surface area is 141 Å². The molecule has 0 aliphatic rings. The molecule has 2 heterocycles. The SMILES string of the molecule is CC.Cc1ccc(-c2cnc(N)c(-c3cc(Cl)cnn3)c2)cc1. The molecule has 1 aromatic carbocycles. The predicted molar refractivity (Wildman–Crippen MR) is 96.2 cm³/mol. The van der Waals surface area contributed by atoms with Crippen LogP contribution in [0.25, 0.3) is 22.4 Å². The molecule has 3 aromatic rings. The third kappa shape index (κ3) is 4.05. The quantitative estimate of drug-likeness (QED) is 0.736. The highest BCUT2D eigenvalue weighted by Gasteiger charge is 2.09. The van der Waals surface area contributed by atoms with E-state index in [0.29, 0.717) is 16.5 Å². The molecule has 0 spiro atoms. The molecule has 0 unspecified atom stereocenters. The Bertz CT molecular complexity index is 785. The molecule has 0 aliphatic carbocycles. The Kier molecular flexibility index (Phi) is 5.66. The fraction of sp³-hybridized carbons (Fsp3) is 0.167. The van der Waals surface area contributed by atoms with Crippen LogP contribution in [0.5, 0.6) is 0 Å². The Morgan fingerprint density at radius 1 is 0.957 bits per heavy atom. The Hall–Kier alpha value is -2.46. The van der Waals surface area contributed by atoms with Crippen LogP contribution in [0.15, 0.2) is 48.8 Å². The summed E-state index contributed by atoms with van der Waals surface area (Å²) >= 11 is 5.96. The van der Waals surface area contributed by atoms with Gasteiger partial charge in [0.05, 0.1) is 16.9 Å². The molecule has 0 bridgehead atoms. The van der Waals surface area contributed by atoms with Crippen molar-refractivity contribution in [2.75, 3.05) is 5.73 Å². The lowest BCUT2D eigenvalue weighted by Gasteiger charge is -2.08. The largest absolute Gasteiger partial charge is 0.383 e. The number of pyridine rings is 1. The van der Waals surface area contributed by atoms with Gasteiger partial charge in [-0.05, 0) is 24.6 Å². The summed E-state index contributed by atoms with van der Waals surface area (Å²) in [4.78, 5) is 4.25. The topological polar surface area (TPSA) is 64.7 Å². The van der Waals surface area contributed by atoms with Gasteiger partial charge in [0.25, 0.3) is 0 Å². The van der Waals surface area contributed by atoms with E-state index in [2.05, 4.69) is 46.4 Å². The number of hydrogen-bond acceptors (Lipinski definition) is 4. The molecule has 23 heavy (non-hydrogen) atoms. The first kappa shape index (κ1) is 16.9. The van der Waals surface area contributed by atoms with Crippen molar-refractivity contribution < 1.29 is 0 Å². The molecular weight excluding hydrogens is 308 g/mol. The van der Waals surface area contributed by atoms with Crippen molar-refractivity contribution in [2.24, 2.45) is 0 Å². The fourth-order valence-electron chi connectivity index (χ4n) is 2.06. The summed E-state index contributed by atoms with van der Waals surface area (Å²) in [5, 5.41) is 8.43. The Morgan fingerprint density at radius 3 is 2.30 bits per heavy atom. The predicted octanol–water partition coefficient (Wildman–Crippen LogP) is 4.78. The van der Waals surface area contributed by atoms with Crippen LogP contribution in [0.1, 0.15) is 19.4 Å². The molecule has 0 aliphatic heterocycles. The van der Waals surface area contributed by atoms with Crippen LogP contribution in [-0.2, 0) is 0 Å². The first-order valence-electron chi connectivity index (χ1n) is 7.44. The van der Waals surface area contributed by atoms with Gasteiger partial charge in [0, 0.05) is 17.3 Å². The number of rotatable bonds is 2. The lowest BCUT2D eigenvalue weighted by atomic mass is 10.0. The summed E-state index contributed by atoms with van der Waals surface area (Å²) < 4.78 is 0. The molecule has 118 valence electrons. The summed E-state index contributed by atoms with van der Waals surface area (Å²) in [5.74, 6) is 0.405. The maximum absolute atomic E-state index is 5.96. The molecule has 2 N–H and O–H groups in total. The van der Waals surface area contributed by atoms with Crippen molar-refractivity contribution >= 4 is 17.4 Å². The van der Waals surface area contributed by atoms with E-state index in [9.17, 15) is 0 Å². The monoisotopic (exact) mass is 326 g/mol. The van der Waals surface area contributed by atoms with Crippen molar-refractivity contribution in [3.05, 3.63) is 59.4 Å². The lowest BCUT2D eigenvalue weighted by molar-refractivity contribution is 1.04. The molecule has 0 amide bonds. The van der Waals surface area contributed by atoms with Crippen molar-refractivity contribution in [1.82, 2.24) is 15.2 Å². The van der Waals surface area contributed by atoms with Gasteiger partial charge < -0.3 is 5.73 Å². The molecule has 5 heteroatoms. The zero-order valence-corrected chi connectivity index (χ0v) is 14.2. The van der Waals surface area contributed by atoms with E-state index in [0.717, 1.165) is 16.7 Å². The van der Waals surface area contributed by atoms with Crippen LogP contribution >= 0.6 is 11.6 Å². The summed E-state index contributed by atoms with van der Waals surface area (Å²) in [6.07, 6.45) is 3.24. The highest BCUT2D eigenvalue weighted by molar-refractivity contribution is 6.30. The van der Waals surface area contributed by atoms with E-state index in [-0.39, 0.29) is 0 Å². The Balaban J connectivity index is 0.000000924. The number of aryl methyl sites for hydroxylation is 1. The van der Waals surface area contributed by atoms with Crippen molar-refractivity contribution in [1.29, 1.82) is 0 Å². The van der Waals surface area contributed by atoms with Gasteiger partial charge in [-0.3, -0.25) is 0 Å². The molecule has 0 saturated heterocycles. The van der Waals surface area contributed by atoms with Crippen LogP contribution in [0.4, 0.5) is 5.82 Å². The number of nitrogens with zero attached hydrogens (tertiary/aromatic N) is 3. The third-order valence-corrected chi connectivity index (χ3v) is 3.41. The zero-order valence-electron chi connectivity index (χ0n) is 13.4. The van der Waals surface area contributed by atoms with Gasteiger partial charge in [0.2, 0.25) is 0 Å². The van der Waals surface area contributed by atoms with E-state index in [1.54, 1.807) is 12.3 Å². The maximum atomic E-state index is 5.96. The summed E-state index contributed by atoms with van der Waals surface area (Å²) in [6, 6.07) is 11.9. The second-order valence-electron chi connectivity index (χ2n) is 4.78. The van der Waals surface area contributed by atoms with Gasteiger partial charge in [-0.1, -0.05) is 55.3 Å². The molecule has 0 saturated carbocycles. The standard InChI is InChI=1S/C16H13ClN4.C2H6/c1-10-2-4-11(5-3-10)12-6-14(16(18)19-8-12)15-7-13(17)9-20-21-15;1-2/h2-9H,1H3,(H2,18,19);1-2H3. The second-order valence-corrected chi connectivity index (χ2v) is 5.22. The second kappa shape index (κ2) is 7.70. The molecule has 0 radical (unpaired) electrons. The first-order valence-corrected chi connectivity index (χ1v) is 7.82. The smallest absolute Gasteiger partial charge is 0.132 e. The van der Waals surface area contributed by atoms with E-state index in [1.807, 2.05) is 19.9 Å². The van der Waals surface area contributed by atoms with Crippen molar-refractivity contribution in [3.8, 4) is 22.4 Å². The van der Waals surface area contributed by atoms with Crippen LogP contribution in [0.2, 0.25) is 5.02 Å². The maximum Gasteiger partial charge on any atom is 0.132 e. The van der Waals surface area contributed by atoms with E-state index >= 15 is 0 Å². The van der Waals surface area contributed by atoms with Crippen LogP contribution in [0, 0.1) is 6.92 Å². The lowest BCUT2D eigenvalue weighted by Crippen LogP contribution is -1.97. The summed E-state index contributed by atoms with van der Waals surface area (Å²) in [5.41, 5.74) is 10.5. The molecular formula is C18H19ClN4. The number of hydrogen-bond donors (Lipinski definition) is 1. The molecule has 4 nitrogen and oxygen atoms in total. The van der Waals surface area contributed by atoms with Crippen LogP contribution < -0.4 is 5.73 Å². The zero-order chi connectivity index (χ0) is 16.8. The third-order valence-electron chi connectivity index (χ3n) is 3.20. The minimum absolute atomic E-state index is 0.405. The minimum atomic E-state index is 0.405. The molecule has 0 atom stereocenters. The molecule has 0 fully saturated rings. The van der Waals surface area contributed by atoms with E-state index < -0.39 is 0 Å². The normalized spacial score (nSPS) is 9.91. The average Bonchev–Trinajstić information content (AvgIpc) is 2.58. The average molecular weight is 327 g/mol. The number of benzene rings is 1. The van der Waals surface area contributed by atoms with Crippen LogP contribution in [0.3, 0.4) is 0 Å². The van der Waals surface area contributed by atoms with Gasteiger partial charge >= 0.3 is 0 Å². The number of aromatic nitrogens is 3. The molecule has 2 aromatic heterocycles. The van der Waals surface area contributed by atoms with E-state index in [4.69, 9.17) is 17.3 Å². The summed E-state index contributed by atoms with van der Waals surface area (Å²) in [7, 11) is 0. The van der Waals surface area contributed by atoms with Gasteiger partial charge in [-0.2, -0.15) is 10.2 Å². The van der Waals surface area contributed by atoms with Crippen LogP contribution in [-0.4, -0.2) is 15.2 Å². The van der Waals surface area contributed by atoms with Gasteiger partial charge in [0.15, 0.2) is 0 Å². The van der Waals surface area contributed by atoms with E-state index in [1.165, 1.54) is 11.8 Å². The number of nitrogens with two attached hydrogens (primary N) is 1. The Morgan fingerprint density at radius 2 is 1.65 bits per heavy atom. The summed E-state index contributed by atoms with van der Waals surface area (Å²) in [6.45, 7) is 6.05. The highest BCUT2D eigenvalue weighted by Crippen LogP contribution is 2.29. The van der Waals surface area contributed by atoms with Gasteiger partial charge in [0.1, 0.15) is 5.82 Å². The number of halogens is 1. The number of nitrogen functional groups attached to an aromatic ring is 1. The number of anilines is 1. The minimum Gasteiger partial charge on any atom is -0.383 e. The molecule has 3 rings (SSSR count). The van der Waals surface area contributed by atoms with Gasteiger partial charge in [-0.15, -0.1) is 0 Å². The first-order chi connectivity index (χ1) is 11.1. The highest BCUT2D eigenvalue weighted by atomic mass is 35.5. The van der Waals surface area contributed by atoms with Crippen molar-refractivity contribution in [2.45, 2.75) is 20.8 Å².